The number of imide groups is 1. The van der Waals surface area contributed by atoms with Crippen LogP contribution in [0.1, 0.15) is 56.9 Å². The van der Waals surface area contributed by atoms with Gasteiger partial charge in [-0.15, -0.1) is 0 Å². The van der Waals surface area contributed by atoms with Crippen molar-refractivity contribution in [2.75, 3.05) is 0 Å². The minimum Gasteiger partial charge on any atom is -0.351 e. The summed E-state index contributed by atoms with van der Waals surface area (Å²) in [5, 5.41) is 2.27. The monoisotopic (exact) mass is 316 g/mol. The summed E-state index contributed by atoms with van der Waals surface area (Å²) >= 11 is 0. The number of carbonyl (C=O) groups excluding carboxylic acids is 2. The molecule has 3 amide bonds. The van der Waals surface area contributed by atoms with E-state index in [2.05, 4.69) is 17.4 Å². The van der Waals surface area contributed by atoms with Gasteiger partial charge in [0.25, 0.3) is 0 Å². The van der Waals surface area contributed by atoms with Gasteiger partial charge in [0, 0.05) is 5.92 Å². The first-order valence-corrected chi connectivity index (χ1v) is 8.79. The Morgan fingerprint density at radius 2 is 1.78 bits per heavy atom. The summed E-state index contributed by atoms with van der Waals surface area (Å²) in [7, 11) is 0. The highest BCUT2D eigenvalue weighted by Crippen LogP contribution is 2.29. The zero-order valence-electron chi connectivity index (χ0n) is 13.8. The van der Waals surface area contributed by atoms with Gasteiger partial charge >= 0.3 is 6.03 Å². The molecular weight excluding hydrogens is 288 g/mol. The van der Waals surface area contributed by atoms with Gasteiger partial charge in [-0.3, -0.25) is 10.1 Å². The van der Waals surface area contributed by atoms with Crippen molar-refractivity contribution in [3.63, 3.8) is 0 Å². The molecule has 126 valence electrons. The maximum absolute atomic E-state index is 12.2. The van der Waals surface area contributed by atoms with Crippen molar-refractivity contribution in [1.29, 1.82) is 0 Å². The van der Waals surface area contributed by atoms with Crippen molar-refractivity contribution >= 4 is 11.9 Å². The maximum atomic E-state index is 12.2. The number of hydrogen-bond acceptors (Lipinski definition) is 2. The highest BCUT2D eigenvalue weighted by Gasteiger charge is 2.22. The molecule has 1 aromatic carbocycles. The van der Waals surface area contributed by atoms with E-state index < -0.39 is 6.03 Å². The van der Waals surface area contributed by atoms with Crippen molar-refractivity contribution in [2.45, 2.75) is 57.8 Å². The van der Waals surface area contributed by atoms with Crippen LogP contribution in [0.4, 0.5) is 4.79 Å². The van der Waals surface area contributed by atoms with Gasteiger partial charge in [-0.05, 0) is 37.2 Å². The molecule has 0 radical (unpaired) electrons. The van der Waals surface area contributed by atoms with Crippen LogP contribution in [0.2, 0.25) is 0 Å². The van der Waals surface area contributed by atoms with E-state index in [4.69, 9.17) is 5.73 Å². The molecule has 1 saturated carbocycles. The molecular formula is C19H28N2O2. The number of nitrogens with two attached hydrogens (primary N) is 1. The number of amides is 3. The van der Waals surface area contributed by atoms with E-state index in [0.717, 1.165) is 31.6 Å². The van der Waals surface area contributed by atoms with Crippen LogP contribution in [-0.4, -0.2) is 11.9 Å². The smallest absolute Gasteiger partial charge is 0.318 e. The van der Waals surface area contributed by atoms with E-state index in [0.29, 0.717) is 0 Å². The molecule has 23 heavy (non-hydrogen) atoms. The Bertz CT molecular complexity index is 495. The molecule has 1 atom stereocenters. The second-order valence-corrected chi connectivity index (χ2v) is 6.66. The average molecular weight is 316 g/mol. The number of primary amides is 1. The Balaban J connectivity index is 1.87. The molecule has 0 spiro atoms. The van der Waals surface area contributed by atoms with Crippen LogP contribution in [-0.2, 0) is 11.2 Å². The predicted octanol–water partition coefficient (Wildman–Crippen LogP) is 3.79. The Labute approximate surface area is 138 Å². The molecule has 0 saturated heterocycles. The molecule has 4 heteroatoms. The Hall–Kier alpha value is -1.84. The van der Waals surface area contributed by atoms with E-state index in [1.54, 1.807) is 0 Å². The SMILES string of the molecule is NC(=O)NC(=O)C(CCc1ccccc1)CCC1CCCCC1. The average Bonchev–Trinajstić information content (AvgIpc) is 2.56. The number of carbonyl (C=O) groups is 2. The zero-order chi connectivity index (χ0) is 16.5. The third-order valence-electron chi connectivity index (χ3n) is 4.89. The van der Waals surface area contributed by atoms with Gasteiger partial charge in [-0.25, -0.2) is 4.79 Å². The summed E-state index contributed by atoms with van der Waals surface area (Å²) in [6, 6.07) is 9.40. The lowest BCUT2D eigenvalue weighted by atomic mass is 9.83. The van der Waals surface area contributed by atoms with Crippen LogP contribution in [0.5, 0.6) is 0 Å². The first-order valence-electron chi connectivity index (χ1n) is 8.79. The summed E-state index contributed by atoms with van der Waals surface area (Å²) in [4.78, 5) is 23.2. The van der Waals surface area contributed by atoms with E-state index in [-0.39, 0.29) is 11.8 Å². The fourth-order valence-corrected chi connectivity index (χ4v) is 3.53. The molecule has 1 aliphatic carbocycles. The number of aryl methyl sites for hydroxylation is 1. The first kappa shape index (κ1) is 17.5. The molecule has 0 aliphatic heterocycles. The summed E-state index contributed by atoms with van der Waals surface area (Å²) in [5.74, 6) is 0.387. The van der Waals surface area contributed by atoms with Crippen molar-refractivity contribution in [3.8, 4) is 0 Å². The van der Waals surface area contributed by atoms with Gasteiger partial charge in [0.1, 0.15) is 0 Å². The highest BCUT2D eigenvalue weighted by atomic mass is 16.2. The molecule has 2 rings (SSSR count). The normalized spacial score (nSPS) is 16.7. The van der Waals surface area contributed by atoms with Gasteiger partial charge < -0.3 is 5.73 Å². The van der Waals surface area contributed by atoms with Gasteiger partial charge in [0.15, 0.2) is 0 Å². The number of benzene rings is 1. The summed E-state index contributed by atoms with van der Waals surface area (Å²) in [6.07, 6.45) is 10.1. The third-order valence-corrected chi connectivity index (χ3v) is 4.89. The van der Waals surface area contributed by atoms with Crippen LogP contribution < -0.4 is 11.1 Å². The molecule has 1 aromatic rings. The standard InChI is InChI=1S/C19H28N2O2/c20-19(23)21-18(22)17(13-11-15-7-3-1-4-8-15)14-12-16-9-5-2-6-10-16/h1,3-4,7-8,16-17H,2,5-6,9-14H2,(H3,20,21,22,23). The first-order chi connectivity index (χ1) is 11.1. The zero-order valence-corrected chi connectivity index (χ0v) is 13.8. The number of nitrogens with one attached hydrogen (secondary N) is 1. The molecule has 0 heterocycles. The van der Waals surface area contributed by atoms with Crippen LogP contribution >= 0.6 is 0 Å². The molecule has 3 N–H and O–H groups in total. The lowest BCUT2D eigenvalue weighted by Gasteiger charge is -2.23. The van der Waals surface area contributed by atoms with Crippen LogP contribution in [0.15, 0.2) is 30.3 Å². The minimum atomic E-state index is -0.752. The van der Waals surface area contributed by atoms with Crippen molar-refractivity contribution in [1.82, 2.24) is 5.32 Å². The van der Waals surface area contributed by atoms with Crippen molar-refractivity contribution in [2.24, 2.45) is 17.6 Å². The number of hydrogen-bond donors (Lipinski definition) is 2. The van der Waals surface area contributed by atoms with Gasteiger partial charge in [0.05, 0.1) is 0 Å². The van der Waals surface area contributed by atoms with Gasteiger partial charge in [-0.1, -0.05) is 62.4 Å². The fraction of sp³-hybridized carbons (Fsp3) is 0.579. The van der Waals surface area contributed by atoms with Gasteiger partial charge in [-0.2, -0.15) is 0 Å². The van der Waals surface area contributed by atoms with Crippen molar-refractivity contribution < 1.29 is 9.59 Å². The van der Waals surface area contributed by atoms with E-state index in [1.807, 2.05) is 18.2 Å². The van der Waals surface area contributed by atoms with Crippen LogP contribution in [0.3, 0.4) is 0 Å². The minimum absolute atomic E-state index is 0.135. The summed E-state index contributed by atoms with van der Waals surface area (Å²) in [6.45, 7) is 0. The molecule has 4 nitrogen and oxygen atoms in total. The van der Waals surface area contributed by atoms with Crippen molar-refractivity contribution in [3.05, 3.63) is 35.9 Å². The van der Waals surface area contributed by atoms with Gasteiger partial charge in [0.2, 0.25) is 5.91 Å². The Kier molecular flexibility index (Phi) is 7.11. The van der Waals surface area contributed by atoms with E-state index in [1.165, 1.54) is 37.7 Å². The molecule has 1 unspecified atom stereocenters. The Morgan fingerprint density at radius 1 is 1.09 bits per heavy atom. The lowest BCUT2D eigenvalue weighted by molar-refractivity contribution is -0.124. The number of urea groups is 1. The Morgan fingerprint density at radius 3 is 2.43 bits per heavy atom. The fourth-order valence-electron chi connectivity index (χ4n) is 3.53. The lowest BCUT2D eigenvalue weighted by Crippen LogP contribution is -2.39. The molecule has 1 fully saturated rings. The third kappa shape index (κ3) is 6.43. The molecule has 0 aromatic heterocycles. The predicted molar refractivity (Wildman–Crippen MR) is 91.8 cm³/mol. The molecule has 1 aliphatic rings. The second-order valence-electron chi connectivity index (χ2n) is 6.66. The summed E-state index contributed by atoms with van der Waals surface area (Å²) in [5.41, 5.74) is 6.33. The molecule has 0 bridgehead atoms. The maximum Gasteiger partial charge on any atom is 0.318 e. The van der Waals surface area contributed by atoms with Crippen LogP contribution in [0, 0.1) is 11.8 Å². The number of rotatable bonds is 7. The summed E-state index contributed by atoms with van der Waals surface area (Å²) < 4.78 is 0. The van der Waals surface area contributed by atoms with E-state index >= 15 is 0 Å². The second kappa shape index (κ2) is 9.33. The van der Waals surface area contributed by atoms with E-state index in [9.17, 15) is 9.59 Å². The quantitative estimate of drug-likeness (QED) is 0.803. The topological polar surface area (TPSA) is 72.2 Å². The highest BCUT2D eigenvalue weighted by molar-refractivity contribution is 5.94. The van der Waals surface area contributed by atoms with Crippen LogP contribution in [0.25, 0.3) is 0 Å². The largest absolute Gasteiger partial charge is 0.351 e.